The van der Waals surface area contributed by atoms with Gasteiger partial charge in [-0.05, 0) is 44.4 Å². The van der Waals surface area contributed by atoms with E-state index in [1.807, 2.05) is 12.2 Å². The van der Waals surface area contributed by atoms with Gasteiger partial charge in [-0.1, -0.05) is 87.6 Å². The summed E-state index contributed by atoms with van der Waals surface area (Å²) in [6, 6.07) is 0. The van der Waals surface area contributed by atoms with Crippen LogP contribution in [0.1, 0.15) is 84.0 Å². The second-order valence-corrected chi connectivity index (χ2v) is 7.17. The summed E-state index contributed by atoms with van der Waals surface area (Å²) in [6.07, 6.45) is 29.7. The number of primary amides is 1. The molecule has 0 aliphatic heterocycles. The number of aliphatic hydroxyl groups is 1. The first-order valence-electron chi connectivity index (χ1n) is 10.7. The van der Waals surface area contributed by atoms with E-state index in [1.165, 1.54) is 32.1 Å². The van der Waals surface area contributed by atoms with Crippen molar-refractivity contribution in [3.8, 4) is 0 Å². The molecule has 0 aliphatic rings. The van der Waals surface area contributed by atoms with Gasteiger partial charge in [-0.15, -0.1) is 0 Å². The van der Waals surface area contributed by atoms with Gasteiger partial charge in [0.05, 0.1) is 0 Å². The van der Waals surface area contributed by atoms with E-state index >= 15 is 0 Å². The van der Waals surface area contributed by atoms with Gasteiger partial charge in [0.25, 0.3) is 0 Å². The van der Waals surface area contributed by atoms with Gasteiger partial charge in [0.15, 0.2) is 0 Å². The molecule has 0 radical (unpaired) electrons. The molecule has 0 heterocycles. The van der Waals surface area contributed by atoms with Crippen LogP contribution >= 0.6 is 0 Å². The van der Waals surface area contributed by atoms with Gasteiger partial charge in [0, 0.05) is 13.0 Å². The van der Waals surface area contributed by atoms with Crippen LogP contribution in [-0.2, 0) is 4.79 Å². The Kier molecular flexibility index (Phi) is 19.5. The minimum Gasteiger partial charge on any atom is -0.396 e. The van der Waals surface area contributed by atoms with Crippen LogP contribution in [0.25, 0.3) is 0 Å². The first kappa shape index (κ1) is 25.4. The van der Waals surface area contributed by atoms with Crippen LogP contribution in [0.4, 0.5) is 0 Å². The lowest BCUT2D eigenvalue weighted by atomic mass is 9.98. The molecule has 0 aromatic carbocycles. The van der Waals surface area contributed by atoms with Gasteiger partial charge in [0.1, 0.15) is 0 Å². The molecule has 0 bridgehead atoms. The Morgan fingerprint density at radius 2 is 1.41 bits per heavy atom. The molecule has 1 unspecified atom stereocenters. The van der Waals surface area contributed by atoms with E-state index in [0.29, 0.717) is 18.9 Å². The van der Waals surface area contributed by atoms with Crippen LogP contribution < -0.4 is 5.73 Å². The van der Waals surface area contributed by atoms with Gasteiger partial charge in [0.2, 0.25) is 5.91 Å². The van der Waals surface area contributed by atoms with Gasteiger partial charge in [-0.2, -0.15) is 0 Å². The molecule has 0 aliphatic carbocycles. The van der Waals surface area contributed by atoms with Crippen LogP contribution in [0.3, 0.4) is 0 Å². The fourth-order valence-corrected chi connectivity index (χ4v) is 2.85. The van der Waals surface area contributed by atoms with Crippen molar-refractivity contribution in [3.63, 3.8) is 0 Å². The number of aliphatic hydroxyl groups excluding tert-OH is 1. The van der Waals surface area contributed by atoms with Crippen molar-refractivity contribution in [2.45, 2.75) is 84.0 Å². The molecule has 0 spiro atoms. The number of hydrogen-bond acceptors (Lipinski definition) is 2. The zero-order chi connectivity index (χ0) is 20.0. The van der Waals surface area contributed by atoms with E-state index in [0.717, 1.165) is 38.5 Å². The van der Waals surface area contributed by atoms with Crippen molar-refractivity contribution in [2.24, 2.45) is 11.7 Å². The predicted octanol–water partition coefficient (Wildman–Crippen LogP) is 6.01. The summed E-state index contributed by atoms with van der Waals surface area (Å²) >= 11 is 0. The molecule has 1 atom stereocenters. The van der Waals surface area contributed by atoms with Crippen LogP contribution in [0, 0.1) is 5.92 Å². The van der Waals surface area contributed by atoms with Gasteiger partial charge < -0.3 is 10.8 Å². The first-order valence-corrected chi connectivity index (χ1v) is 10.7. The lowest BCUT2D eigenvalue weighted by Crippen LogP contribution is -2.09. The number of nitrogens with two attached hydrogens (primary N) is 1. The standard InChI is InChI=1S/C24H41NO2/c1-2-3-19-23(22-26)20-17-15-13-11-9-7-5-4-6-8-10-12-14-16-18-21-24(25)27/h4-7,9,11,13,15,23,26H,2-3,8,10,12,14,16-22H2,1H3,(H2,25,27)/b6-4+,7-5+,11-9+,15-13+. The van der Waals surface area contributed by atoms with E-state index < -0.39 is 0 Å². The summed E-state index contributed by atoms with van der Waals surface area (Å²) in [5, 5.41) is 9.33. The summed E-state index contributed by atoms with van der Waals surface area (Å²) in [5.74, 6) is 0.269. The van der Waals surface area contributed by atoms with E-state index in [-0.39, 0.29) is 5.91 Å². The predicted molar refractivity (Wildman–Crippen MR) is 117 cm³/mol. The number of amides is 1. The third-order valence-electron chi connectivity index (χ3n) is 4.59. The smallest absolute Gasteiger partial charge is 0.217 e. The van der Waals surface area contributed by atoms with E-state index in [9.17, 15) is 9.90 Å². The summed E-state index contributed by atoms with van der Waals surface area (Å²) in [4.78, 5) is 10.6. The Balaban J connectivity index is 3.58. The molecule has 0 rings (SSSR count). The molecule has 27 heavy (non-hydrogen) atoms. The van der Waals surface area contributed by atoms with Gasteiger partial charge >= 0.3 is 0 Å². The van der Waals surface area contributed by atoms with E-state index in [4.69, 9.17) is 5.73 Å². The third kappa shape index (κ3) is 20.6. The molecule has 0 saturated heterocycles. The highest BCUT2D eigenvalue weighted by molar-refractivity contribution is 5.73. The number of unbranched alkanes of at least 4 members (excludes halogenated alkanes) is 6. The molecule has 0 aromatic rings. The lowest BCUT2D eigenvalue weighted by Gasteiger charge is -2.11. The number of carbonyl (C=O) groups is 1. The number of allylic oxidation sites excluding steroid dienone is 8. The normalized spacial score (nSPS) is 13.6. The fourth-order valence-electron chi connectivity index (χ4n) is 2.85. The Hall–Kier alpha value is -1.61. The lowest BCUT2D eigenvalue weighted by molar-refractivity contribution is -0.118. The highest BCUT2D eigenvalue weighted by Gasteiger charge is 2.04. The van der Waals surface area contributed by atoms with E-state index in [2.05, 4.69) is 43.4 Å². The Bertz CT molecular complexity index is 449. The third-order valence-corrected chi connectivity index (χ3v) is 4.59. The number of carbonyl (C=O) groups excluding carboxylic acids is 1. The van der Waals surface area contributed by atoms with Crippen LogP contribution in [-0.4, -0.2) is 17.6 Å². The second kappa shape index (κ2) is 20.7. The van der Waals surface area contributed by atoms with Gasteiger partial charge in [-0.25, -0.2) is 0 Å². The second-order valence-electron chi connectivity index (χ2n) is 7.17. The largest absolute Gasteiger partial charge is 0.396 e. The minimum atomic E-state index is -0.188. The molecule has 3 heteroatoms. The quantitative estimate of drug-likeness (QED) is 0.228. The molecule has 0 fully saturated rings. The number of hydrogen-bond donors (Lipinski definition) is 2. The van der Waals surface area contributed by atoms with Crippen molar-refractivity contribution in [1.82, 2.24) is 0 Å². The zero-order valence-corrected chi connectivity index (χ0v) is 17.3. The molecular weight excluding hydrogens is 334 g/mol. The average Bonchev–Trinajstić information content (AvgIpc) is 2.66. The van der Waals surface area contributed by atoms with Gasteiger partial charge in [-0.3, -0.25) is 4.79 Å². The molecule has 3 N–H and O–H groups in total. The maximum Gasteiger partial charge on any atom is 0.217 e. The van der Waals surface area contributed by atoms with Crippen LogP contribution in [0.5, 0.6) is 0 Å². The maximum atomic E-state index is 10.6. The molecule has 154 valence electrons. The Morgan fingerprint density at radius 1 is 0.815 bits per heavy atom. The van der Waals surface area contributed by atoms with Crippen molar-refractivity contribution < 1.29 is 9.90 Å². The fraction of sp³-hybridized carbons (Fsp3) is 0.625. The van der Waals surface area contributed by atoms with Crippen molar-refractivity contribution in [2.75, 3.05) is 6.61 Å². The highest BCUT2D eigenvalue weighted by atomic mass is 16.3. The highest BCUT2D eigenvalue weighted by Crippen LogP contribution is 2.14. The SMILES string of the molecule is CCCCC(CO)CC/C=C/C=C/C=C/C=C/CCCCCCCC(N)=O. The van der Waals surface area contributed by atoms with Crippen molar-refractivity contribution in [3.05, 3.63) is 48.6 Å². The topological polar surface area (TPSA) is 63.3 Å². The maximum absolute atomic E-state index is 10.6. The van der Waals surface area contributed by atoms with Crippen LogP contribution in [0.2, 0.25) is 0 Å². The first-order chi connectivity index (χ1) is 13.2. The average molecular weight is 376 g/mol. The minimum absolute atomic E-state index is 0.188. The molecule has 0 saturated carbocycles. The summed E-state index contributed by atoms with van der Waals surface area (Å²) in [6.45, 7) is 2.51. The van der Waals surface area contributed by atoms with Crippen molar-refractivity contribution in [1.29, 1.82) is 0 Å². The summed E-state index contributed by atoms with van der Waals surface area (Å²) in [7, 11) is 0. The zero-order valence-electron chi connectivity index (χ0n) is 17.3. The number of rotatable bonds is 18. The van der Waals surface area contributed by atoms with Crippen molar-refractivity contribution >= 4 is 5.91 Å². The van der Waals surface area contributed by atoms with E-state index in [1.54, 1.807) is 0 Å². The summed E-state index contributed by atoms with van der Waals surface area (Å²) < 4.78 is 0. The molecule has 0 aromatic heterocycles. The Morgan fingerprint density at radius 3 is 2.04 bits per heavy atom. The molecule has 3 nitrogen and oxygen atoms in total. The molecule has 1 amide bonds. The summed E-state index contributed by atoms with van der Waals surface area (Å²) in [5.41, 5.74) is 5.11. The monoisotopic (exact) mass is 375 g/mol. The van der Waals surface area contributed by atoms with Crippen LogP contribution in [0.15, 0.2) is 48.6 Å². The molecular formula is C24H41NO2. The Labute approximate surface area is 167 Å².